The fourth-order valence-electron chi connectivity index (χ4n) is 2.44. The molecule has 0 aromatic carbocycles. The van der Waals surface area contributed by atoms with E-state index in [0.29, 0.717) is 5.69 Å². The van der Waals surface area contributed by atoms with Gasteiger partial charge in [0.25, 0.3) is 5.91 Å². The Balaban J connectivity index is 2.02. The number of rotatable bonds is 1. The van der Waals surface area contributed by atoms with Gasteiger partial charge in [-0.15, -0.1) is 0 Å². The van der Waals surface area contributed by atoms with Gasteiger partial charge in [-0.3, -0.25) is 14.7 Å². The van der Waals surface area contributed by atoms with Gasteiger partial charge in [0.2, 0.25) is 0 Å². The van der Waals surface area contributed by atoms with Crippen LogP contribution in [0.1, 0.15) is 37.7 Å². The minimum absolute atomic E-state index is 0.0522. The maximum absolute atomic E-state index is 12.4. The molecule has 1 saturated heterocycles. The average molecular weight is 261 g/mol. The smallest absolute Gasteiger partial charge is 0.272 e. The first-order valence-electron chi connectivity index (χ1n) is 6.94. The van der Waals surface area contributed by atoms with E-state index in [1.54, 1.807) is 12.3 Å². The third kappa shape index (κ3) is 3.53. The highest BCUT2D eigenvalue weighted by Crippen LogP contribution is 2.16. The van der Waals surface area contributed by atoms with Crippen molar-refractivity contribution in [2.24, 2.45) is 0 Å². The lowest BCUT2D eigenvalue weighted by Crippen LogP contribution is -2.44. The summed E-state index contributed by atoms with van der Waals surface area (Å²) in [7, 11) is 0. The van der Waals surface area contributed by atoms with Gasteiger partial charge >= 0.3 is 0 Å². The number of aromatic nitrogens is 1. The van der Waals surface area contributed by atoms with Crippen LogP contribution in [-0.2, 0) is 0 Å². The van der Waals surface area contributed by atoms with Crippen LogP contribution in [0.5, 0.6) is 0 Å². The monoisotopic (exact) mass is 261 g/mol. The quantitative estimate of drug-likeness (QED) is 0.776. The van der Waals surface area contributed by atoms with Crippen LogP contribution in [0.2, 0.25) is 0 Å². The molecule has 0 aliphatic carbocycles. The molecule has 2 rings (SSSR count). The van der Waals surface area contributed by atoms with Crippen LogP contribution in [0.3, 0.4) is 0 Å². The topological polar surface area (TPSA) is 36.4 Å². The van der Waals surface area contributed by atoms with Gasteiger partial charge in [-0.25, -0.2) is 0 Å². The lowest BCUT2D eigenvalue weighted by molar-refractivity contribution is 0.0744. The third-order valence-corrected chi connectivity index (χ3v) is 3.62. The molecule has 0 N–H and O–H groups in total. The molecule has 0 saturated carbocycles. The van der Waals surface area contributed by atoms with Crippen LogP contribution in [0.4, 0.5) is 0 Å². The number of hydrogen-bond donors (Lipinski definition) is 0. The average Bonchev–Trinajstić information content (AvgIpc) is 2.64. The molecular formula is C15H23N3O. The summed E-state index contributed by atoms with van der Waals surface area (Å²) in [6.45, 7) is 10.3. The van der Waals surface area contributed by atoms with Gasteiger partial charge in [0.1, 0.15) is 5.69 Å². The molecule has 0 atom stereocenters. The van der Waals surface area contributed by atoms with Crippen molar-refractivity contribution in [3.63, 3.8) is 0 Å². The molecule has 1 amide bonds. The Morgan fingerprint density at radius 2 is 1.95 bits per heavy atom. The Morgan fingerprint density at radius 3 is 2.58 bits per heavy atom. The zero-order chi connectivity index (χ0) is 13.9. The van der Waals surface area contributed by atoms with Crippen molar-refractivity contribution in [3.8, 4) is 0 Å². The van der Waals surface area contributed by atoms with Crippen LogP contribution in [0.25, 0.3) is 0 Å². The van der Waals surface area contributed by atoms with Crippen LogP contribution in [0.15, 0.2) is 24.4 Å². The molecule has 19 heavy (non-hydrogen) atoms. The summed E-state index contributed by atoms with van der Waals surface area (Å²) >= 11 is 0. The van der Waals surface area contributed by atoms with Gasteiger partial charge in [0.15, 0.2) is 0 Å². The van der Waals surface area contributed by atoms with Crippen LogP contribution in [0, 0.1) is 0 Å². The van der Waals surface area contributed by atoms with Gasteiger partial charge in [-0.1, -0.05) is 6.07 Å². The molecule has 4 nitrogen and oxygen atoms in total. The molecule has 0 unspecified atom stereocenters. The molecule has 4 heteroatoms. The highest BCUT2D eigenvalue weighted by atomic mass is 16.2. The fraction of sp³-hybridized carbons (Fsp3) is 0.600. The van der Waals surface area contributed by atoms with Gasteiger partial charge < -0.3 is 4.90 Å². The van der Waals surface area contributed by atoms with E-state index >= 15 is 0 Å². The number of carbonyl (C=O) groups excluding carboxylic acids is 1. The molecule has 1 aliphatic heterocycles. The second-order valence-electron chi connectivity index (χ2n) is 6.02. The van der Waals surface area contributed by atoms with E-state index in [-0.39, 0.29) is 11.4 Å². The summed E-state index contributed by atoms with van der Waals surface area (Å²) < 4.78 is 0. The Labute approximate surface area is 115 Å². The van der Waals surface area contributed by atoms with Gasteiger partial charge in [-0.2, -0.15) is 0 Å². The fourth-order valence-corrected chi connectivity index (χ4v) is 2.44. The normalized spacial score (nSPS) is 18.2. The number of carbonyl (C=O) groups is 1. The first-order valence-corrected chi connectivity index (χ1v) is 6.94. The van der Waals surface area contributed by atoms with Crippen LogP contribution in [-0.4, -0.2) is 52.4 Å². The molecule has 1 aliphatic rings. The highest BCUT2D eigenvalue weighted by molar-refractivity contribution is 5.92. The van der Waals surface area contributed by atoms with Gasteiger partial charge in [0, 0.05) is 37.9 Å². The van der Waals surface area contributed by atoms with Gasteiger partial charge in [0.05, 0.1) is 0 Å². The first-order chi connectivity index (χ1) is 8.98. The Bertz CT molecular complexity index is 425. The predicted octanol–water partition coefficient (Wildman–Crippen LogP) is 2.03. The van der Waals surface area contributed by atoms with E-state index in [9.17, 15) is 4.79 Å². The molecule has 0 bridgehead atoms. The predicted molar refractivity (Wildman–Crippen MR) is 76.1 cm³/mol. The largest absolute Gasteiger partial charge is 0.336 e. The second-order valence-corrected chi connectivity index (χ2v) is 6.02. The van der Waals surface area contributed by atoms with E-state index < -0.39 is 0 Å². The molecule has 104 valence electrons. The Morgan fingerprint density at radius 1 is 1.16 bits per heavy atom. The van der Waals surface area contributed by atoms with Crippen molar-refractivity contribution in [3.05, 3.63) is 30.1 Å². The summed E-state index contributed by atoms with van der Waals surface area (Å²) in [5.41, 5.74) is 0.719. The number of hydrogen-bond acceptors (Lipinski definition) is 3. The number of pyridine rings is 1. The molecule has 0 radical (unpaired) electrons. The summed E-state index contributed by atoms with van der Waals surface area (Å²) in [5, 5.41) is 0. The highest BCUT2D eigenvalue weighted by Gasteiger charge is 2.26. The van der Waals surface area contributed by atoms with Crippen LogP contribution < -0.4 is 0 Å². The lowest BCUT2D eigenvalue weighted by Gasteiger charge is -2.34. The van der Waals surface area contributed by atoms with E-state index in [1.807, 2.05) is 17.0 Å². The van der Waals surface area contributed by atoms with E-state index in [2.05, 4.69) is 30.7 Å². The number of amides is 1. The van der Waals surface area contributed by atoms with Crippen molar-refractivity contribution in [1.82, 2.24) is 14.8 Å². The minimum atomic E-state index is 0.0522. The summed E-state index contributed by atoms with van der Waals surface area (Å²) in [4.78, 5) is 20.9. The van der Waals surface area contributed by atoms with Crippen molar-refractivity contribution >= 4 is 5.91 Å². The zero-order valence-electron chi connectivity index (χ0n) is 12.1. The molecule has 1 aromatic rings. The maximum atomic E-state index is 12.4. The number of nitrogens with zero attached hydrogens (tertiary/aromatic N) is 3. The van der Waals surface area contributed by atoms with E-state index in [0.717, 1.165) is 32.6 Å². The zero-order valence-corrected chi connectivity index (χ0v) is 12.1. The minimum Gasteiger partial charge on any atom is -0.336 e. The van der Waals surface area contributed by atoms with Crippen molar-refractivity contribution in [2.75, 3.05) is 26.2 Å². The molecule has 2 heterocycles. The summed E-state index contributed by atoms with van der Waals surface area (Å²) in [6, 6.07) is 5.48. The summed E-state index contributed by atoms with van der Waals surface area (Å²) in [6.07, 6.45) is 2.70. The van der Waals surface area contributed by atoms with Crippen molar-refractivity contribution in [1.29, 1.82) is 0 Å². The lowest BCUT2D eigenvalue weighted by atomic mass is 10.1. The second kappa shape index (κ2) is 5.70. The van der Waals surface area contributed by atoms with Crippen molar-refractivity contribution in [2.45, 2.75) is 32.7 Å². The van der Waals surface area contributed by atoms with E-state index in [4.69, 9.17) is 0 Å². The first kappa shape index (κ1) is 14.0. The van der Waals surface area contributed by atoms with Crippen molar-refractivity contribution < 1.29 is 4.79 Å². The molecule has 1 fully saturated rings. The third-order valence-electron chi connectivity index (χ3n) is 3.62. The summed E-state index contributed by atoms with van der Waals surface area (Å²) in [5.74, 6) is 0.0522. The molecule has 0 spiro atoms. The van der Waals surface area contributed by atoms with Gasteiger partial charge in [-0.05, 0) is 39.3 Å². The standard InChI is InChI=1S/C15H23N3O/c1-15(2,3)18-10-6-9-17(11-12-18)14(19)13-7-4-5-8-16-13/h4-5,7-8H,6,9-12H2,1-3H3. The van der Waals surface area contributed by atoms with Crippen LogP contribution >= 0.6 is 0 Å². The SMILES string of the molecule is CC(C)(C)N1CCCN(C(=O)c2ccccn2)CC1. The Hall–Kier alpha value is -1.42. The van der Waals surface area contributed by atoms with E-state index in [1.165, 1.54) is 0 Å². The molecule has 1 aromatic heterocycles. The maximum Gasteiger partial charge on any atom is 0.272 e. The Kier molecular flexibility index (Phi) is 4.20. The molecular weight excluding hydrogens is 238 g/mol.